The molecule has 15 heavy (non-hydrogen) atoms. The molecule has 90 valence electrons. The van der Waals surface area contributed by atoms with Crippen LogP contribution in [0.15, 0.2) is 0 Å². The predicted molar refractivity (Wildman–Crippen MR) is 70.4 cm³/mol. The summed E-state index contributed by atoms with van der Waals surface area (Å²) in [7, 11) is -1.11. The molecule has 0 fully saturated rings. The Morgan fingerprint density at radius 3 is 1.47 bits per heavy atom. The summed E-state index contributed by atoms with van der Waals surface area (Å²) in [5.74, 6) is 1.02. The molecule has 0 aliphatic carbocycles. The normalized spacial score (nSPS) is 10.6. The van der Waals surface area contributed by atoms with Crippen molar-refractivity contribution in [1.82, 2.24) is 0 Å². The molecule has 0 aromatic carbocycles. The average Bonchev–Trinajstić information content (AvgIpc) is 2.20. The zero-order valence-corrected chi connectivity index (χ0v) is 10.6. The second-order valence-corrected chi connectivity index (χ2v) is 4.62. The predicted octanol–water partition coefficient (Wildman–Crippen LogP) is 2.90. The molecular formula is C11H25BO2S. The molecule has 2 nitrogen and oxygen atoms in total. The number of hydrogen-bond donors (Lipinski definition) is 3. The monoisotopic (exact) mass is 232 g/mol. The van der Waals surface area contributed by atoms with Crippen molar-refractivity contribution in [3.8, 4) is 0 Å². The van der Waals surface area contributed by atoms with Crippen molar-refractivity contribution in [3.05, 3.63) is 0 Å². The van der Waals surface area contributed by atoms with Crippen LogP contribution in [-0.2, 0) is 0 Å². The van der Waals surface area contributed by atoms with Gasteiger partial charge in [-0.3, -0.25) is 0 Å². The maximum atomic E-state index is 8.62. The van der Waals surface area contributed by atoms with Crippen molar-refractivity contribution in [3.63, 3.8) is 0 Å². The topological polar surface area (TPSA) is 40.5 Å². The first kappa shape index (κ1) is 15.3. The fraction of sp³-hybridized carbons (Fsp3) is 1.00. The zero-order chi connectivity index (χ0) is 11.4. The molecule has 0 bridgehead atoms. The van der Waals surface area contributed by atoms with Gasteiger partial charge in [0.1, 0.15) is 0 Å². The van der Waals surface area contributed by atoms with Crippen molar-refractivity contribution in [1.29, 1.82) is 0 Å². The molecule has 0 aromatic heterocycles. The molecule has 0 heterocycles. The van der Waals surface area contributed by atoms with Crippen LogP contribution in [0.5, 0.6) is 0 Å². The Morgan fingerprint density at radius 2 is 1.07 bits per heavy atom. The third-order valence-corrected chi connectivity index (χ3v) is 2.94. The van der Waals surface area contributed by atoms with Crippen molar-refractivity contribution in [2.24, 2.45) is 0 Å². The largest absolute Gasteiger partial charge is 0.451 e. The van der Waals surface area contributed by atoms with E-state index in [1.807, 2.05) is 0 Å². The van der Waals surface area contributed by atoms with E-state index in [0.29, 0.717) is 6.32 Å². The Hall–Kier alpha value is 0.335. The maximum Gasteiger partial charge on any atom is 0.451 e. The smallest absolute Gasteiger partial charge is 0.427 e. The lowest BCUT2D eigenvalue weighted by molar-refractivity contribution is 0.401. The molecule has 0 saturated heterocycles. The highest BCUT2D eigenvalue weighted by molar-refractivity contribution is 7.80. The maximum absolute atomic E-state index is 8.62. The third-order valence-electron chi connectivity index (χ3n) is 2.62. The summed E-state index contributed by atoms with van der Waals surface area (Å²) in [5, 5.41) is 17.2. The van der Waals surface area contributed by atoms with E-state index in [1.165, 1.54) is 44.9 Å². The molecule has 0 spiro atoms. The molecule has 0 amide bonds. The van der Waals surface area contributed by atoms with Gasteiger partial charge in [-0.15, -0.1) is 0 Å². The first-order valence-electron chi connectivity index (χ1n) is 6.24. The van der Waals surface area contributed by atoms with Crippen LogP contribution >= 0.6 is 12.6 Å². The van der Waals surface area contributed by atoms with E-state index in [-0.39, 0.29) is 0 Å². The minimum absolute atomic E-state index is 0.530. The van der Waals surface area contributed by atoms with Crippen molar-refractivity contribution in [2.45, 2.75) is 64.1 Å². The number of hydrogen-bond acceptors (Lipinski definition) is 3. The summed E-state index contributed by atoms with van der Waals surface area (Å²) in [6.45, 7) is 0. The number of unbranched alkanes of at least 4 members (excludes halogenated alkanes) is 8. The molecule has 0 radical (unpaired) electrons. The van der Waals surface area contributed by atoms with Crippen molar-refractivity contribution < 1.29 is 10.0 Å². The first-order valence-corrected chi connectivity index (χ1v) is 6.87. The summed E-state index contributed by atoms with van der Waals surface area (Å²) in [4.78, 5) is 0. The van der Waals surface area contributed by atoms with Crippen LogP contribution in [0, 0.1) is 0 Å². The van der Waals surface area contributed by atoms with Crippen molar-refractivity contribution >= 4 is 19.7 Å². The van der Waals surface area contributed by atoms with E-state index in [4.69, 9.17) is 10.0 Å². The molecule has 4 heteroatoms. The van der Waals surface area contributed by atoms with E-state index >= 15 is 0 Å². The van der Waals surface area contributed by atoms with Crippen LogP contribution in [0.3, 0.4) is 0 Å². The molecule has 0 aromatic rings. The van der Waals surface area contributed by atoms with E-state index in [9.17, 15) is 0 Å². The number of thiol groups is 1. The van der Waals surface area contributed by atoms with E-state index < -0.39 is 7.12 Å². The van der Waals surface area contributed by atoms with Crippen LogP contribution < -0.4 is 0 Å². The van der Waals surface area contributed by atoms with Gasteiger partial charge in [-0.25, -0.2) is 0 Å². The highest BCUT2D eigenvalue weighted by Crippen LogP contribution is 2.11. The quantitative estimate of drug-likeness (QED) is 0.291. The Labute approximate surface area is 100 Å². The average molecular weight is 232 g/mol. The fourth-order valence-corrected chi connectivity index (χ4v) is 1.90. The van der Waals surface area contributed by atoms with E-state index in [1.54, 1.807) is 0 Å². The summed E-state index contributed by atoms with van der Waals surface area (Å²) in [6.07, 6.45) is 11.7. The lowest BCUT2D eigenvalue weighted by atomic mass is 9.83. The summed E-state index contributed by atoms with van der Waals surface area (Å²) in [5.41, 5.74) is 0. The molecule has 0 atom stereocenters. The van der Waals surface area contributed by atoms with Gasteiger partial charge in [0.25, 0.3) is 0 Å². The molecule has 0 aliphatic heterocycles. The molecule has 0 aliphatic rings. The van der Waals surface area contributed by atoms with Crippen molar-refractivity contribution in [2.75, 3.05) is 5.75 Å². The Balaban J connectivity index is 2.87. The van der Waals surface area contributed by atoms with Crippen LogP contribution in [0.4, 0.5) is 0 Å². The summed E-state index contributed by atoms with van der Waals surface area (Å²) >= 11 is 4.18. The Morgan fingerprint density at radius 1 is 0.667 bits per heavy atom. The third kappa shape index (κ3) is 14.3. The molecule has 2 N–H and O–H groups in total. The summed E-state index contributed by atoms with van der Waals surface area (Å²) in [6, 6.07) is 0. The SMILES string of the molecule is OB(O)CCCCCCCCCCCS. The van der Waals surface area contributed by atoms with Crippen LogP contribution in [0.1, 0.15) is 57.8 Å². The Kier molecular flexibility index (Phi) is 12.7. The van der Waals surface area contributed by atoms with Gasteiger partial charge in [-0.2, -0.15) is 12.6 Å². The van der Waals surface area contributed by atoms with Crippen LogP contribution in [0.2, 0.25) is 6.32 Å². The first-order chi connectivity index (χ1) is 7.27. The van der Waals surface area contributed by atoms with Crippen LogP contribution in [0.25, 0.3) is 0 Å². The fourth-order valence-electron chi connectivity index (χ4n) is 1.68. The second-order valence-electron chi connectivity index (χ2n) is 4.17. The van der Waals surface area contributed by atoms with Gasteiger partial charge in [0.2, 0.25) is 0 Å². The molecule has 0 unspecified atom stereocenters. The highest BCUT2D eigenvalue weighted by atomic mass is 32.1. The van der Waals surface area contributed by atoms with E-state index in [0.717, 1.165) is 18.6 Å². The minimum atomic E-state index is -1.11. The number of rotatable bonds is 11. The second kappa shape index (κ2) is 12.4. The highest BCUT2D eigenvalue weighted by Gasteiger charge is 2.04. The van der Waals surface area contributed by atoms with Gasteiger partial charge in [0.15, 0.2) is 0 Å². The molecular weight excluding hydrogens is 207 g/mol. The molecule has 0 rings (SSSR count). The lowest BCUT2D eigenvalue weighted by Gasteiger charge is -2.01. The van der Waals surface area contributed by atoms with Gasteiger partial charge in [-0.1, -0.05) is 51.4 Å². The zero-order valence-electron chi connectivity index (χ0n) is 9.70. The lowest BCUT2D eigenvalue weighted by Crippen LogP contribution is -2.09. The standard InChI is InChI=1S/C11H25BO2S/c13-12(14)10-8-6-4-2-1-3-5-7-9-11-15/h13-15H,1-11H2. The molecule has 0 saturated carbocycles. The summed E-state index contributed by atoms with van der Waals surface area (Å²) < 4.78 is 0. The van der Waals surface area contributed by atoms with Crippen LogP contribution in [-0.4, -0.2) is 22.9 Å². The van der Waals surface area contributed by atoms with E-state index in [2.05, 4.69) is 12.6 Å². The van der Waals surface area contributed by atoms with Gasteiger partial charge < -0.3 is 10.0 Å². The Bertz CT molecular complexity index is 123. The van der Waals surface area contributed by atoms with Gasteiger partial charge in [0, 0.05) is 0 Å². The minimum Gasteiger partial charge on any atom is -0.427 e. The van der Waals surface area contributed by atoms with Gasteiger partial charge in [0.05, 0.1) is 0 Å². The van der Waals surface area contributed by atoms with Gasteiger partial charge in [-0.05, 0) is 18.5 Å². The van der Waals surface area contributed by atoms with Gasteiger partial charge >= 0.3 is 7.12 Å².